The van der Waals surface area contributed by atoms with Crippen LogP contribution in [0.2, 0.25) is 0 Å². The van der Waals surface area contributed by atoms with E-state index in [9.17, 15) is 18.4 Å². The van der Waals surface area contributed by atoms with E-state index in [0.29, 0.717) is 18.6 Å². The van der Waals surface area contributed by atoms with Crippen molar-refractivity contribution in [3.63, 3.8) is 0 Å². The van der Waals surface area contributed by atoms with Gasteiger partial charge in [0.25, 0.3) is 5.91 Å². The highest BCUT2D eigenvalue weighted by molar-refractivity contribution is 5.94. The second-order valence-corrected chi connectivity index (χ2v) is 7.14. The minimum atomic E-state index is -0.656. The average molecular weight is 386 g/mol. The van der Waals surface area contributed by atoms with Crippen molar-refractivity contribution in [3.05, 3.63) is 59.2 Å². The number of anilines is 1. The van der Waals surface area contributed by atoms with Crippen LogP contribution in [0.15, 0.2) is 36.4 Å². The van der Waals surface area contributed by atoms with Crippen molar-refractivity contribution < 1.29 is 23.1 Å². The van der Waals surface area contributed by atoms with E-state index in [0.717, 1.165) is 30.2 Å². The maximum absolute atomic E-state index is 14.0. The van der Waals surface area contributed by atoms with E-state index >= 15 is 0 Å². The molecule has 1 saturated carbocycles. The standard InChI is InChI=1S/C21H20F2N2O3/c22-15-3-1-14(18(23)10-15)11-25(16-4-5-16)21(27)12-28-17-6-7-19-13(9-17)2-8-20(26)24-19/h1,3,6-7,9-10,16H,2,4-5,8,11-12H2,(H,24,26). The lowest BCUT2D eigenvalue weighted by Crippen LogP contribution is -2.36. The second-order valence-electron chi connectivity index (χ2n) is 7.14. The van der Waals surface area contributed by atoms with E-state index in [1.54, 1.807) is 17.0 Å². The molecule has 1 heterocycles. The van der Waals surface area contributed by atoms with Gasteiger partial charge in [0, 0.05) is 36.3 Å². The number of aryl methyl sites for hydroxylation is 1. The number of nitrogens with one attached hydrogen (secondary N) is 1. The number of carbonyl (C=O) groups excluding carboxylic acids is 2. The van der Waals surface area contributed by atoms with Gasteiger partial charge in [0.2, 0.25) is 5.91 Å². The molecule has 0 radical (unpaired) electrons. The maximum Gasteiger partial charge on any atom is 0.261 e. The summed E-state index contributed by atoms with van der Waals surface area (Å²) in [6.45, 7) is -0.0698. The molecule has 0 atom stereocenters. The number of nitrogens with zero attached hydrogens (tertiary/aromatic N) is 1. The molecule has 0 bridgehead atoms. The fourth-order valence-corrected chi connectivity index (χ4v) is 3.32. The summed E-state index contributed by atoms with van der Waals surface area (Å²) in [4.78, 5) is 25.7. The number of ether oxygens (including phenoxy) is 1. The second kappa shape index (κ2) is 7.58. The molecule has 2 aliphatic rings. The summed E-state index contributed by atoms with van der Waals surface area (Å²) in [5.41, 5.74) is 2.02. The minimum Gasteiger partial charge on any atom is -0.484 e. The van der Waals surface area contributed by atoms with E-state index < -0.39 is 11.6 Å². The third kappa shape index (κ3) is 4.13. The Morgan fingerprint density at radius 1 is 1.14 bits per heavy atom. The van der Waals surface area contributed by atoms with E-state index in [1.807, 2.05) is 6.07 Å². The van der Waals surface area contributed by atoms with E-state index in [4.69, 9.17) is 4.74 Å². The zero-order chi connectivity index (χ0) is 19.7. The number of fused-ring (bicyclic) bond motifs is 1. The van der Waals surface area contributed by atoms with Gasteiger partial charge < -0.3 is 15.0 Å². The van der Waals surface area contributed by atoms with Gasteiger partial charge >= 0.3 is 0 Å². The van der Waals surface area contributed by atoms with Gasteiger partial charge in [-0.05, 0) is 49.1 Å². The smallest absolute Gasteiger partial charge is 0.261 e. The first-order valence-corrected chi connectivity index (χ1v) is 9.28. The lowest BCUT2D eigenvalue weighted by Gasteiger charge is -2.23. The first-order chi connectivity index (χ1) is 13.5. The molecule has 0 aromatic heterocycles. The average Bonchev–Trinajstić information content (AvgIpc) is 3.50. The summed E-state index contributed by atoms with van der Waals surface area (Å²) in [6.07, 6.45) is 2.79. The number of hydrogen-bond acceptors (Lipinski definition) is 3. The van der Waals surface area contributed by atoms with Crippen LogP contribution in [0.3, 0.4) is 0 Å². The zero-order valence-electron chi connectivity index (χ0n) is 15.2. The fraction of sp³-hybridized carbons (Fsp3) is 0.333. The number of hydrogen-bond donors (Lipinski definition) is 1. The summed E-state index contributed by atoms with van der Waals surface area (Å²) in [5, 5.41) is 2.80. The van der Waals surface area contributed by atoms with Crippen molar-refractivity contribution in [2.24, 2.45) is 0 Å². The Balaban J connectivity index is 1.41. The van der Waals surface area contributed by atoms with E-state index in [2.05, 4.69) is 5.32 Å². The van der Waals surface area contributed by atoms with Crippen LogP contribution in [0.5, 0.6) is 5.75 Å². The predicted octanol–water partition coefficient (Wildman–Crippen LogP) is 3.42. The van der Waals surface area contributed by atoms with Gasteiger partial charge in [-0.15, -0.1) is 0 Å². The third-order valence-corrected chi connectivity index (χ3v) is 5.00. The highest BCUT2D eigenvalue weighted by Crippen LogP contribution is 2.30. The van der Waals surface area contributed by atoms with Gasteiger partial charge in [0.15, 0.2) is 6.61 Å². The van der Waals surface area contributed by atoms with Crippen LogP contribution < -0.4 is 10.1 Å². The summed E-state index contributed by atoms with van der Waals surface area (Å²) < 4.78 is 32.7. The van der Waals surface area contributed by atoms with Gasteiger partial charge in [0.1, 0.15) is 17.4 Å². The van der Waals surface area contributed by atoms with E-state index in [-0.39, 0.29) is 36.6 Å². The number of benzene rings is 2. The predicted molar refractivity (Wildman–Crippen MR) is 98.8 cm³/mol. The molecule has 1 aliphatic carbocycles. The molecular weight excluding hydrogens is 366 g/mol. The number of carbonyl (C=O) groups is 2. The van der Waals surface area contributed by atoms with Gasteiger partial charge in [-0.1, -0.05) is 6.07 Å². The summed E-state index contributed by atoms with van der Waals surface area (Å²) in [5.74, 6) is -0.998. The number of rotatable bonds is 6. The Kier molecular flexibility index (Phi) is 4.98. The first-order valence-electron chi connectivity index (χ1n) is 9.28. The van der Waals surface area contributed by atoms with Crippen LogP contribution in [0.4, 0.5) is 14.5 Å². The normalized spacial score (nSPS) is 15.6. The zero-order valence-corrected chi connectivity index (χ0v) is 15.2. The van der Waals surface area contributed by atoms with Crippen LogP contribution in [-0.4, -0.2) is 29.4 Å². The Hall–Kier alpha value is -2.96. The molecule has 1 N–H and O–H groups in total. The van der Waals surface area contributed by atoms with Crippen LogP contribution in [0.1, 0.15) is 30.4 Å². The van der Waals surface area contributed by atoms with Crippen molar-refractivity contribution >= 4 is 17.5 Å². The lowest BCUT2D eigenvalue weighted by molar-refractivity contribution is -0.134. The van der Waals surface area contributed by atoms with Crippen molar-refractivity contribution in [1.29, 1.82) is 0 Å². The molecule has 2 aromatic carbocycles. The quantitative estimate of drug-likeness (QED) is 0.828. The third-order valence-electron chi connectivity index (χ3n) is 5.00. The maximum atomic E-state index is 14.0. The molecule has 7 heteroatoms. The van der Waals surface area contributed by atoms with Crippen molar-refractivity contribution in [3.8, 4) is 5.75 Å². The molecule has 1 aliphatic heterocycles. The summed E-state index contributed by atoms with van der Waals surface area (Å²) in [6, 6.07) is 8.75. The Labute approximate surface area is 161 Å². The molecule has 2 aromatic rings. The van der Waals surface area contributed by atoms with Gasteiger partial charge in [-0.2, -0.15) is 0 Å². The molecule has 4 rings (SSSR count). The van der Waals surface area contributed by atoms with E-state index in [1.165, 1.54) is 12.1 Å². The fourth-order valence-electron chi connectivity index (χ4n) is 3.32. The first kappa shape index (κ1) is 18.4. The van der Waals surface area contributed by atoms with Gasteiger partial charge in [-0.3, -0.25) is 9.59 Å². The van der Waals surface area contributed by atoms with Crippen molar-refractivity contribution in [2.75, 3.05) is 11.9 Å². The summed E-state index contributed by atoms with van der Waals surface area (Å²) >= 11 is 0. The van der Waals surface area contributed by atoms with Crippen LogP contribution in [0.25, 0.3) is 0 Å². The monoisotopic (exact) mass is 386 g/mol. The highest BCUT2D eigenvalue weighted by atomic mass is 19.1. The van der Waals surface area contributed by atoms with Crippen LogP contribution >= 0.6 is 0 Å². The Morgan fingerprint density at radius 2 is 1.96 bits per heavy atom. The molecule has 0 saturated heterocycles. The molecular formula is C21H20F2N2O3. The minimum absolute atomic E-state index is 0.00977. The van der Waals surface area contributed by atoms with Crippen molar-refractivity contribution in [1.82, 2.24) is 4.90 Å². The highest BCUT2D eigenvalue weighted by Gasteiger charge is 2.33. The Morgan fingerprint density at radius 3 is 2.71 bits per heavy atom. The van der Waals surface area contributed by atoms with Crippen molar-refractivity contribution in [2.45, 2.75) is 38.3 Å². The number of halogens is 2. The molecule has 1 fully saturated rings. The lowest BCUT2D eigenvalue weighted by atomic mass is 10.0. The molecule has 2 amide bonds. The molecule has 28 heavy (non-hydrogen) atoms. The summed E-state index contributed by atoms with van der Waals surface area (Å²) in [7, 11) is 0. The van der Waals surface area contributed by atoms with Crippen LogP contribution in [0, 0.1) is 11.6 Å². The molecule has 5 nitrogen and oxygen atoms in total. The van der Waals surface area contributed by atoms with Crippen LogP contribution in [-0.2, 0) is 22.6 Å². The topological polar surface area (TPSA) is 58.6 Å². The Bertz CT molecular complexity index is 928. The molecule has 0 spiro atoms. The number of amides is 2. The SMILES string of the molecule is O=C1CCc2cc(OCC(=O)N(Cc3ccc(F)cc3F)C3CC3)ccc2N1. The molecule has 0 unspecified atom stereocenters. The largest absolute Gasteiger partial charge is 0.484 e. The molecule has 146 valence electrons. The van der Waals surface area contributed by atoms with Gasteiger partial charge in [-0.25, -0.2) is 8.78 Å². The van der Waals surface area contributed by atoms with Gasteiger partial charge in [0.05, 0.1) is 0 Å².